The first-order chi connectivity index (χ1) is 7.25. The van der Waals surface area contributed by atoms with E-state index in [-0.39, 0.29) is 5.69 Å². The quantitative estimate of drug-likeness (QED) is 0.849. The van der Waals surface area contributed by atoms with Crippen molar-refractivity contribution in [1.82, 2.24) is 4.98 Å². The zero-order chi connectivity index (χ0) is 10.7. The predicted molar refractivity (Wildman–Crippen MR) is 63.0 cm³/mol. The zero-order valence-electron chi connectivity index (χ0n) is 8.10. The number of carboxylic acids is 1. The lowest BCUT2D eigenvalue weighted by Crippen LogP contribution is -2.13. The Bertz CT molecular complexity index is 348. The Hall–Kier alpha value is -0.750. The number of rotatable bonds is 4. The van der Waals surface area contributed by atoms with Gasteiger partial charge >= 0.3 is 5.97 Å². The Kier molecular flexibility index (Phi) is 3.48. The molecule has 82 valence electrons. The van der Waals surface area contributed by atoms with Crippen molar-refractivity contribution in [1.29, 1.82) is 0 Å². The van der Waals surface area contributed by atoms with Crippen LogP contribution in [0.2, 0.25) is 0 Å². The van der Waals surface area contributed by atoms with Gasteiger partial charge in [-0.2, -0.15) is 11.8 Å². The minimum atomic E-state index is -0.963. The van der Waals surface area contributed by atoms with Gasteiger partial charge in [-0.1, -0.05) is 0 Å². The van der Waals surface area contributed by atoms with Crippen LogP contribution in [0.15, 0.2) is 5.38 Å². The Labute approximate surface area is 96.1 Å². The number of nitrogens with one attached hydrogen (secondary N) is 1. The van der Waals surface area contributed by atoms with Gasteiger partial charge in [0, 0.05) is 17.2 Å². The van der Waals surface area contributed by atoms with Crippen molar-refractivity contribution in [3.8, 4) is 0 Å². The van der Waals surface area contributed by atoms with Gasteiger partial charge in [-0.3, -0.25) is 0 Å². The Morgan fingerprint density at radius 3 is 3.20 bits per heavy atom. The molecule has 1 aromatic rings. The van der Waals surface area contributed by atoms with Gasteiger partial charge in [0.2, 0.25) is 0 Å². The molecular formula is C9H12N2O2S2. The fourth-order valence-electron chi connectivity index (χ4n) is 1.46. The van der Waals surface area contributed by atoms with E-state index in [0.29, 0.717) is 10.4 Å². The molecule has 0 saturated carbocycles. The zero-order valence-corrected chi connectivity index (χ0v) is 9.74. The number of aromatic nitrogens is 1. The van der Waals surface area contributed by atoms with Crippen LogP contribution in [-0.4, -0.2) is 33.6 Å². The van der Waals surface area contributed by atoms with Gasteiger partial charge in [-0.05, 0) is 18.6 Å². The second kappa shape index (κ2) is 4.85. The molecule has 2 rings (SSSR count). The average Bonchev–Trinajstić information content (AvgIpc) is 2.86. The summed E-state index contributed by atoms with van der Waals surface area (Å²) in [5, 5.41) is 14.8. The first kappa shape index (κ1) is 10.8. The van der Waals surface area contributed by atoms with E-state index >= 15 is 0 Å². The van der Waals surface area contributed by atoms with Crippen molar-refractivity contribution in [3.05, 3.63) is 11.1 Å². The van der Waals surface area contributed by atoms with E-state index in [0.717, 1.165) is 6.54 Å². The highest BCUT2D eigenvalue weighted by molar-refractivity contribution is 8.00. The van der Waals surface area contributed by atoms with E-state index in [1.807, 2.05) is 11.8 Å². The number of hydrogen-bond acceptors (Lipinski definition) is 5. The molecule has 1 fully saturated rings. The predicted octanol–water partition coefficient (Wildman–Crippen LogP) is 2.15. The van der Waals surface area contributed by atoms with Crippen LogP contribution in [-0.2, 0) is 0 Å². The topological polar surface area (TPSA) is 62.2 Å². The Balaban J connectivity index is 1.84. The standard InChI is InChI=1S/C9H12N2O2S2/c12-8(13)7-5-15-9(11-7)10-4-6-2-1-3-14-6/h5-6H,1-4H2,(H,10,11)(H,12,13). The van der Waals surface area contributed by atoms with Crippen molar-refractivity contribution in [2.75, 3.05) is 17.6 Å². The third-order valence-corrected chi connectivity index (χ3v) is 4.43. The molecule has 0 amide bonds. The molecule has 0 radical (unpaired) electrons. The summed E-state index contributed by atoms with van der Waals surface area (Å²) < 4.78 is 0. The van der Waals surface area contributed by atoms with E-state index in [9.17, 15) is 4.79 Å². The molecule has 0 bridgehead atoms. The molecule has 1 atom stereocenters. The highest BCUT2D eigenvalue weighted by Gasteiger charge is 2.16. The summed E-state index contributed by atoms with van der Waals surface area (Å²) in [6, 6.07) is 0. The molecule has 1 aliphatic heterocycles. The normalized spacial score (nSPS) is 20.4. The van der Waals surface area contributed by atoms with E-state index in [1.54, 1.807) is 5.38 Å². The molecule has 0 aromatic carbocycles. The summed E-state index contributed by atoms with van der Waals surface area (Å²) in [7, 11) is 0. The first-order valence-corrected chi connectivity index (χ1v) is 6.73. The summed E-state index contributed by atoms with van der Waals surface area (Å²) in [4.78, 5) is 14.6. The van der Waals surface area contributed by atoms with Gasteiger partial charge in [0.15, 0.2) is 10.8 Å². The van der Waals surface area contributed by atoms with Crippen molar-refractivity contribution in [2.24, 2.45) is 0 Å². The first-order valence-electron chi connectivity index (χ1n) is 4.80. The van der Waals surface area contributed by atoms with Crippen LogP contribution >= 0.6 is 23.1 Å². The van der Waals surface area contributed by atoms with Crippen LogP contribution in [0.25, 0.3) is 0 Å². The number of thiazole rings is 1. The maximum absolute atomic E-state index is 10.6. The number of thioether (sulfide) groups is 1. The van der Waals surface area contributed by atoms with Gasteiger partial charge in [0.1, 0.15) is 0 Å². The lowest BCUT2D eigenvalue weighted by molar-refractivity contribution is 0.0691. The largest absolute Gasteiger partial charge is 0.476 e. The highest BCUT2D eigenvalue weighted by atomic mass is 32.2. The Morgan fingerprint density at radius 2 is 2.60 bits per heavy atom. The maximum atomic E-state index is 10.6. The fraction of sp³-hybridized carbons (Fsp3) is 0.556. The smallest absolute Gasteiger partial charge is 0.355 e. The fourth-order valence-corrected chi connectivity index (χ4v) is 3.36. The van der Waals surface area contributed by atoms with E-state index in [1.165, 1.54) is 29.9 Å². The Morgan fingerprint density at radius 1 is 1.73 bits per heavy atom. The van der Waals surface area contributed by atoms with Crippen LogP contribution in [0.4, 0.5) is 5.13 Å². The van der Waals surface area contributed by atoms with Crippen LogP contribution < -0.4 is 5.32 Å². The number of anilines is 1. The minimum absolute atomic E-state index is 0.126. The van der Waals surface area contributed by atoms with Crippen molar-refractivity contribution in [3.63, 3.8) is 0 Å². The molecule has 6 heteroatoms. The molecule has 1 unspecified atom stereocenters. The second-order valence-electron chi connectivity index (χ2n) is 3.36. The lowest BCUT2D eigenvalue weighted by atomic mass is 10.2. The highest BCUT2D eigenvalue weighted by Crippen LogP contribution is 2.26. The molecule has 1 saturated heterocycles. The SMILES string of the molecule is O=C(O)c1csc(NCC2CCCS2)n1. The number of aromatic carboxylic acids is 1. The van der Waals surface area contributed by atoms with Gasteiger partial charge in [-0.25, -0.2) is 9.78 Å². The molecule has 2 heterocycles. The molecule has 0 aliphatic carbocycles. The molecular weight excluding hydrogens is 232 g/mol. The van der Waals surface area contributed by atoms with E-state index in [2.05, 4.69) is 10.3 Å². The lowest BCUT2D eigenvalue weighted by Gasteiger charge is -2.08. The number of carboxylic acid groups (broad SMARTS) is 1. The molecule has 4 nitrogen and oxygen atoms in total. The van der Waals surface area contributed by atoms with Gasteiger partial charge in [0.05, 0.1) is 0 Å². The van der Waals surface area contributed by atoms with Crippen molar-refractivity contribution < 1.29 is 9.90 Å². The third kappa shape index (κ3) is 2.85. The van der Waals surface area contributed by atoms with Crippen molar-refractivity contribution >= 4 is 34.2 Å². The monoisotopic (exact) mass is 244 g/mol. The van der Waals surface area contributed by atoms with E-state index in [4.69, 9.17) is 5.11 Å². The second-order valence-corrected chi connectivity index (χ2v) is 5.63. The van der Waals surface area contributed by atoms with Gasteiger partial charge < -0.3 is 10.4 Å². The molecule has 1 aliphatic rings. The van der Waals surface area contributed by atoms with Crippen LogP contribution in [0.3, 0.4) is 0 Å². The van der Waals surface area contributed by atoms with E-state index < -0.39 is 5.97 Å². The number of hydrogen-bond donors (Lipinski definition) is 2. The summed E-state index contributed by atoms with van der Waals surface area (Å²) >= 11 is 3.32. The summed E-state index contributed by atoms with van der Waals surface area (Å²) in [6.07, 6.45) is 2.53. The summed E-state index contributed by atoms with van der Waals surface area (Å²) in [6.45, 7) is 0.886. The van der Waals surface area contributed by atoms with Gasteiger partial charge in [0.25, 0.3) is 0 Å². The van der Waals surface area contributed by atoms with Crippen LogP contribution in [0.1, 0.15) is 23.3 Å². The summed E-state index contributed by atoms with van der Waals surface area (Å²) in [5.74, 6) is 0.277. The molecule has 2 N–H and O–H groups in total. The molecule has 15 heavy (non-hydrogen) atoms. The average molecular weight is 244 g/mol. The van der Waals surface area contributed by atoms with Crippen LogP contribution in [0.5, 0.6) is 0 Å². The van der Waals surface area contributed by atoms with Crippen molar-refractivity contribution in [2.45, 2.75) is 18.1 Å². The molecule has 0 spiro atoms. The minimum Gasteiger partial charge on any atom is -0.476 e. The third-order valence-electron chi connectivity index (χ3n) is 2.23. The summed E-state index contributed by atoms with van der Waals surface area (Å²) in [5.41, 5.74) is 0.126. The van der Waals surface area contributed by atoms with Crippen LogP contribution in [0, 0.1) is 0 Å². The van der Waals surface area contributed by atoms with Gasteiger partial charge in [-0.15, -0.1) is 11.3 Å². The maximum Gasteiger partial charge on any atom is 0.355 e. The number of nitrogens with zero attached hydrogens (tertiary/aromatic N) is 1. The molecule has 1 aromatic heterocycles. The number of carbonyl (C=O) groups is 1.